The summed E-state index contributed by atoms with van der Waals surface area (Å²) in [5.74, 6) is -1.03. The van der Waals surface area contributed by atoms with Gasteiger partial charge in [0.1, 0.15) is 15.6 Å². The van der Waals surface area contributed by atoms with E-state index < -0.39 is 22.0 Å². The number of nitrogens with zero attached hydrogens (tertiary/aromatic N) is 4. The summed E-state index contributed by atoms with van der Waals surface area (Å²) < 4.78 is 33.1. The molecule has 0 spiro atoms. The summed E-state index contributed by atoms with van der Waals surface area (Å²) in [6.45, 7) is 3.33. The topological polar surface area (TPSA) is 120 Å². The molecule has 1 aliphatic rings. The largest absolute Gasteiger partial charge is 0.477 e. The second-order valence-corrected chi connectivity index (χ2v) is 11.3. The van der Waals surface area contributed by atoms with Crippen molar-refractivity contribution in [2.75, 3.05) is 56.6 Å². The van der Waals surface area contributed by atoms with Crippen LogP contribution >= 0.6 is 11.3 Å². The maximum atomic E-state index is 13.7. The van der Waals surface area contributed by atoms with E-state index >= 15 is 0 Å². The van der Waals surface area contributed by atoms with Crippen LogP contribution in [0.3, 0.4) is 0 Å². The van der Waals surface area contributed by atoms with Gasteiger partial charge in [-0.2, -0.15) is 0 Å². The van der Waals surface area contributed by atoms with Gasteiger partial charge in [0, 0.05) is 39.4 Å². The highest BCUT2D eigenvalue weighted by Gasteiger charge is 2.30. The minimum atomic E-state index is -4.14. The van der Waals surface area contributed by atoms with Gasteiger partial charge in [0.05, 0.1) is 23.2 Å². The van der Waals surface area contributed by atoms with Gasteiger partial charge in [-0.25, -0.2) is 23.0 Å². The first-order valence-corrected chi connectivity index (χ1v) is 13.3. The Kier molecular flexibility index (Phi) is 7.29. The molecule has 4 rings (SSSR count). The maximum Gasteiger partial charge on any atom is 0.345 e. The predicted octanol–water partition coefficient (Wildman–Crippen LogP) is 2.87. The van der Waals surface area contributed by atoms with Crippen LogP contribution in [-0.4, -0.2) is 82.7 Å². The number of carbonyl (C=O) groups is 2. The number of benzene rings is 1. The molecule has 12 heteroatoms. The molecule has 1 aromatic carbocycles. The Morgan fingerprint density at radius 2 is 1.75 bits per heavy atom. The molecule has 1 aliphatic heterocycles. The zero-order valence-corrected chi connectivity index (χ0v) is 21.7. The fourth-order valence-corrected chi connectivity index (χ4v) is 6.57. The first-order valence-electron chi connectivity index (χ1n) is 11.1. The minimum absolute atomic E-state index is 0.0871. The highest BCUT2D eigenvalue weighted by atomic mass is 32.2. The molecule has 3 heterocycles. The van der Waals surface area contributed by atoms with E-state index in [2.05, 4.69) is 26.6 Å². The number of carboxylic acids is 1. The normalized spacial score (nSPS) is 14.5. The number of aromatic nitrogens is 1. The molecular weight excluding hydrogens is 504 g/mol. The number of sulfonamides is 1. The lowest BCUT2D eigenvalue weighted by Crippen LogP contribution is -2.44. The van der Waals surface area contributed by atoms with Crippen molar-refractivity contribution >= 4 is 44.8 Å². The Morgan fingerprint density at radius 1 is 1.08 bits per heavy atom. The van der Waals surface area contributed by atoms with Crippen molar-refractivity contribution in [3.05, 3.63) is 59.1 Å². The van der Waals surface area contributed by atoms with E-state index in [0.717, 1.165) is 41.8 Å². The molecule has 190 valence electrons. The van der Waals surface area contributed by atoms with Gasteiger partial charge in [0.2, 0.25) is 0 Å². The quantitative estimate of drug-likeness (QED) is 0.460. The number of ether oxygens (including phenoxy) is 1. The van der Waals surface area contributed by atoms with Crippen molar-refractivity contribution in [2.45, 2.75) is 4.90 Å². The van der Waals surface area contributed by atoms with Crippen LogP contribution in [0.15, 0.2) is 53.6 Å². The Labute approximate surface area is 213 Å². The van der Waals surface area contributed by atoms with Crippen LogP contribution in [0.4, 0.5) is 11.5 Å². The second kappa shape index (κ2) is 10.2. The predicted molar refractivity (Wildman–Crippen MR) is 138 cm³/mol. The fraction of sp³-hybridized carbons (Fsp3) is 0.292. The summed E-state index contributed by atoms with van der Waals surface area (Å²) in [6, 6.07) is 10.6. The van der Waals surface area contributed by atoms with E-state index in [9.17, 15) is 23.1 Å². The van der Waals surface area contributed by atoms with Crippen LogP contribution in [0.1, 0.15) is 20.0 Å². The molecule has 0 atom stereocenters. The number of methoxy groups -OCH3 is 1. The van der Waals surface area contributed by atoms with Crippen molar-refractivity contribution in [1.29, 1.82) is 0 Å². The summed E-state index contributed by atoms with van der Waals surface area (Å²) in [4.78, 5) is 32.4. The third-order valence-corrected chi connectivity index (χ3v) is 9.15. The lowest BCUT2D eigenvalue weighted by Gasteiger charge is -2.33. The third-order valence-electron chi connectivity index (χ3n) is 6.03. The van der Waals surface area contributed by atoms with Crippen LogP contribution in [0.25, 0.3) is 10.4 Å². The number of carboxylic acid groups (broad SMARTS) is 1. The highest BCUT2D eigenvalue weighted by Crippen LogP contribution is 2.39. The van der Waals surface area contributed by atoms with Gasteiger partial charge in [0.25, 0.3) is 10.0 Å². The van der Waals surface area contributed by atoms with Gasteiger partial charge in [-0.1, -0.05) is 0 Å². The average Bonchev–Trinajstić information content (AvgIpc) is 3.35. The number of esters is 1. The molecule has 0 amide bonds. The number of anilines is 2. The third kappa shape index (κ3) is 5.06. The molecule has 0 bridgehead atoms. The minimum Gasteiger partial charge on any atom is -0.477 e. The molecule has 1 N–H and O–H groups in total. The van der Waals surface area contributed by atoms with Crippen molar-refractivity contribution in [1.82, 2.24) is 9.88 Å². The first kappa shape index (κ1) is 25.6. The van der Waals surface area contributed by atoms with Crippen LogP contribution in [-0.2, 0) is 14.8 Å². The number of carbonyl (C=O) groups excluding carboxylic acids is 1. The average molecular weight is 531 g/mol. The van der Waals surface area contributed by atoms with Gasteiger partial charge in [-0.05, 0) is 55.1 Å². The van der Waals surface area contributed by atoms with E-state index in [4.69, 9.17) is 0 Å². The molecule has 0 radical (unpaired) electrons. The van der Waals surface area contributed by atoms with Crippen LogP contribution in [0.2, 0.25) is 0 Å². The van der Waals surface area contributed by atoms with Crippen LogP contribution in [0.5, 0.6) is 0 Å². The lowest BCUT2D eigenvalue weighted by molar-refractivity contribution is 0.0600. The molecular formula is C24H26N4O6S2. The molecule has 1 saturated heterocycles. The molecule has 0 unspecified atom stereocenters. The summed E-state index contributed by atoms with van der Waals surface area (Å²) in [5.41, 5.74) is 1.17. The molecule has 2 aromatic heterocycles. The standard InChI is InChI=1S/C24H26N4O6S2/c1-26-10-12-28(13-11-26)21-14-17(8-9-25-21)22-20(15-19(35-22)23(29)30)36(32,33)27(2)18-6-4-16(5-7-18)24(31)34-3/h4-9,14-15H,10-13H2,1-3H3,(H,29,30). The molecule has 3 aromatic rings. The zero-order valence-electron chi connectivity index (χ0n) is 20.0. The smallest absolute Gasteiger partial charge is 0.345 e. The Bertz CT molecular complexity index is 1380. The number of piperazine rings is 1. The van der Waals surface area contributed by atoms with Crippen molar-refractivity contribution in [3.63, 3.8) is 0 Å². The van der Waals surface area contributed by atoms with Gasteiger partial charge >= 0.3 is 11.9 Å². The van der Waals surface area contributed by atoms with E-state index in [0.29, 0.717) is 21.9 Å². The second-order valence-electron chi connectivity index (χ2n) is 8.31. The van der Waals surface area contributed by atoms with Gasteiger partial charge in [-0.3, -0.25) is 4.31 Å². The monoisotopic (exact) mass is 530 g/mol. The van der Waals surface area contributed by atoms with Crippen LogP contribution < -0.4 is 9.21 Å². The van der Waals surface area contributed by atoms with Crippen LogP contribution in [0, 0.1) is 0 Å². The molecule has 10 nitrogen and oxygen atoms in total. The van der Waals surface area contributed by atoms with Gasteiger partial charge in [-0.15, -0.1) is 11.3 Å². The number of likely N-dealkylation sites (N-methyl/N-ethyl adjacent to an activating group) is 1. The molecule has 1 fully saturated rings. The van der Waals surface area contributed by atoms with Crippen molar-refractivity contribution in [2.24, 2.45) is 0 Å². The number of aromatic carboxylic acids is 1. The van der Waals surface area contributed by atoms with Crippen molar-refractivity contribution < 1.29 is 27.9 Å². The van der Waals surface area contributed by atoms with E-state index in [-0.39, 0.29) is 15.3 Å². The fourth-order valence-electron chi connectivity index (χ4n) is 3.85. The molecule has 36 heavy (non-hydrogen) atoms. The Morgan fingerprint density at radius 3 is 2.36 bits per heavy atom. The summed E-state index contributed by atoms with van der Waals surface area (Å²) in [5, 5.41) is 9.61. The lowest BCUT2D eigenvalue weighted by atomic mass is 10.2. The summed E-state index contributed by atoms with van der Waals surface area (Å²) >= 11 is 0.904. The SMILES string of the molecule is COC(=O)c1ccc(N(C)S(=O)(=O)c2cc(C(=O)O)sc2-c2ccnc(N3CCN(C)CC3)c2)cc1. The van der Waals surface area contributed by atoms with Gasteiger partial charge in [0.15, 0.2) is 0 Å². The van der Waals surface area contributed by atoms with Gasteiger partial charge < -0.3 is 19.6 Å². The zero-order chi connectivity index (χ0) is 26.0. The van der Waals surface area contributed by atoms with E-state index in [1.807, 2.05) is 0 Å². The van der Waals surface area contributed by atoms with E-state index in [1.54, 1.807) is 18.3 Å². The molecule has 0 aliphatic carbocycles. The Balaban J connectivity index is 1.73. The number of rotatable bonds is 7. The maximum absolute atomic E-state index is 13.7. The first-order chi connectivity index (χ1) is 17.1. The summed E-state index contributed by atoms with van der Waals surface area (Å²) in [7, 11) is 0.553. The van der Waals surface area contributed by atoms with E-state index in [1.165, 1.54) is 44.5 Å². The highest BCUT2D eigenvalue weighted by molar-refractivity contribution is 7.93. The number of thiophene rings is 1. The molecule has 0 saturated carbocycles. The Hall–Kier alpha value is -3.48. The number of pyridine rings is 1. The number of hydrogen-bond acceptors (Lipinski definition) is 9. The number of hydrogen-bond donors (Lipinski definition) is 1. The van der Waals surface area contributed by atoms with Crippen molar-refractivity contribution in [3.8, 4) is 10.4 Å². The summed E-state index contributed by atoms with van der Waals surface area (Å²) in [6.07, 6.45) is 1.61.